The van der Waals surface area contributed by atoms with Crippen molar-refractivity contribution < 1.29 is 38.3 Å². The van der Waals surface area contributed by atoms with E-state index >= 15 is 14.4 Å². The Hall–Kier alpha value is -5.85. The molecule has 0 radical (unpaired) electrons. The molecule has 81 heavy (non-hydrogen) atoms. The third-order valence-electron chi connectivity index (χ3n) is 17.6. The van der Waals surface area contributed by atoms with Crippen LogP contribution < -0.4 is 20.7 Å². The number of piperidine rings is 2. The second-order valence-electron chi connectivity index (χ2n) is 23.0. The monoisotopic (exact) mass is 1160 g/mol. The molecule has 4 aromatic rings. The number of halogens is 2. The fraction of sp³-hybridized carbons (Fsp3) is 0.623. The summed E-state index contributed by atoms with van der Waals surface area (Å²) < 4.78 is 14.1. The lowest BCUT2D eigenvalue weighted by molar-refractivity contribution is -0.208. The van der Waals surface area contributed by atoms with Crippen LogP contribution in [0.25, 0.3) is 0 Å². The fourth-order valence-corrected chi connectivity index (χ4v) is 13.4. The van der Waals surface area contributed by atoms with E-state index < -0.39 is 35.5 Å². The summed E-state index contributed by atoms with van der Waals surface area (Å²) in [4.78, 5) is 96.5. The molecule has 0 bridgehead atoms. The first-order chi connectivity index (χ1) is 39.3. The molecule has 2 saturated carbocycles. The Balaban J connectivity index is 1.04. The summed E-state index contributed by atoms with van der Waals surface area (Å²) in [5.41, 5.74) is 1.80. The number of carbonyl (C=O) groups is 5. The summed E-state index contributed by atoms with van der Waals surface area (Å²) in [5, 5.41) is 10.7. The second-order valence-corrected chi connectivity index (χ2v) is 23.8. The Kier molecular flexibility index (Phi) is 22.6. The normalized spacial score (nSPS) is 18.3. The van der Waals surface area contributed by atoms with Gasteiger partial charge in [0.1, 0.15) is 11.8 Å². The molecule has 2 aliphatic carbocycles. The minimum atomic E-state index is -1.24. The molecule has 6 amide bonds. The molecule has 0 spiro atoms. The van der Waals surface area contributed by atoms with Crippen molar-refractivity contribution in [2.45, 2.75) is 166 Å². The Labute approximate surface area is 488 Å². The number of likely N-dealkylation sites (tertiary alicyclic amines) is 2. The van der Waals surface area contributed by atoms with Crippen LogP contribution in [0.4, 0.5) is 9.59 Å². The number of hydrogen-bond donors (Lipinski definition) is 4. The van der Waals surface area contributed by atoms with Gasteiger partial charge >= 0.3 is 18.0 Å². The van der Waals surface area contributed by atoms with Crippen molar-refractivity contribution in [3.63, 3.8) is 0 Å². The number of hydroxylamine groups is 2. The highest BCUT2D eigenvalue weighted by Crippen LogP contribution is 2.48. The van der Waals surface area contributed by atoms with Crippen LogP contribution in [0.2, 0.25) is 10.0 Å². The van der Waals surface area contributed by atoms with Gasteiger partial charge in [0.05, 0.1) is 36.5 Å². The predicted molar refractivity (Wildman–Crippen MR) is 312 cm³/mol. The fourth-order valence-electron chi connectivity index (χ4n) is 12.9. The van der Waals surface area contributed by atoms with Gasteiger partial charge in [0.2, 0.25) is 11.8 Å². The van der Waals surface area contributed by atoms with Crippen molar-refractivity contribution in [2.24, 2.45) is 24.3 Å². The average Bonchev–Trinajstić information content (AvgIpc) is 4.34. The van der Waals surface area contributed by atoms with Crippen LogP contribution in [0.1, 0.15) is 145 Å². The van der Waals surface area contributed by atoms with Crippen LogP contribution in [-0.2, 0) is 56.7 Å². The Morgan fingerprint density at radius 3 is 2.14 bits per heavy atom. The average molecular weight is 1160 g/mol. The maximum absolute atomic E-state index is 15.7. The van der Waals surface area contributed by atoms with Gasteiger partial charge in [-0.05, 0) is 124 Å². The number of ether oxygens (including phenoxy) is 2. The maximum atomic E-state index is 15.7. The van der Waals surface area contributed by atoms with Crippen molar-refractivity contribution >= 4 is 53.0 Å². The lowest BCUT2D eigenvalue weighted by Gasteiger charge is -2.48. The molecule has 2 saturated heterocycles. The minimum Gasteiger partial charge on any atom is -0.497 e. The van der Waals surface area contributed by atoms with Crippen molar-refractivity contribution in [3.05, 3.63) is 100 Å². The lowest BCUT2D eigenvalue weighted by Crippen LogP contribution is -2.60. The topological polar surface area (TPSA) is 205 Å². The van der Waals surface area contributed by atoms with Gasteiger partial charge in [0, 0.05) is 100 Å². The van der Waals surface area contributed by atoms with E-state index in [0.29, 0.717) is 72.8 Å². The van der Waals surface area contributed by atoms with Crippen molar-refractivity contribution in [1.82, 2.24) is 50.3 Å². The molecule has 2 aliphatic heterocycles. The van der Waals surface area contributed by atoms with Gasteiger partial charge in [0.15, 0.2) is 6.04 Å². The molecule has 2 aromatic carbocycles. The van der Waals surface area contributed by atoms with E-state index in [9.17, 15) is 9.59 Å². The number of urea groups is 2. The number of benzene rings is 2. The first-order valence-electron chi connectivity index (χ1n) is 29.9. The van der Waals surface area contributed by atoms with Crippen LogP contribution >= 0.6 is 23.2 Å². The Bertz CT molecular complexity index is 2640. The van der Waals surface area contributed by atoms with Gasteiger partial charge in [-0.15, -0.1) is 5.06 Å². The molecule has 8 rings (SSSR count). The molecule has 4 fully saturated rings. The van der Waals surface area contributed by atoms with E-state index in [4.69, 9.17) is 37.5 Å². The van der Waals surface area contributed by atoms with Crippen LogP contribution in [0, 0.1) is 17.3 Å². The highest BCUT2D eigenvalue weighted by atomic mass is 35.5. The number of H-pyrrole nitrogens is 1. The zero-order chi connectivity index (χ0) is 57.2. The van der Waals surface area contributed by atoms with E-state index in [2.05, 4.69) is 37.8 Å². The highest BCUT2D eigenvalue weighted by molar-refractivity contribution is 6.35. The quantitative estimate of drug-likeness (QED) is 0.0386. The minimum absolute atomic E-state index is 0.0602. The summed E-state index contributed by atoms with van der Waals surface area (Å²) in [5.74, 6) is -0.268. The van der Waals surface area contributed by atoms with Crippen molar-refractivity contribution in [1.29, 1.82) is 0 Å². The predicted octanol–water partition coefficient (Wildman–Crippen LogP) is 9.96. The van der Waals surface area contributed by atoms with Gasteiger partial charge in [-0.1, -0.05) is 93.3 Å². The number of aryl methyl sites for hydroxylation is 2. The second kappa shape index (κ2) is 29.9. The first kappa shape index (κ1) is 61.2. The smallest absolute Gasteiger partial charge is 0.351 e. The zero-order valence-electron chi connectivity index (χ0n) is 47.9. The number of unbranched alkanes of at least 4 members (excludes halogenated alkanes) is 2. The summed E-state index contributed by atoms with van der Waals surface area (Å²) >= 11 is 13.0. The standard InChI is InChI=1S/C61H86Cl2N10O8/c1-4-36-80-61(47-16-10-6-11-17-47)28-34-72(35-29-61)56(75)54(37-44-19-23-51(79-3)24-20-44)73(59(78)66-31-25-50-41-70(2)43-68-50)81-57(76)60(46-14-8-5-9-15-46)26-32-71(33-27-60)55(74)53(38-45-21-22-48(62)39-52(45)63)69-58(77)65-30-13-7-12-18-49-40-64-42-67-49/h19-24,39-43,46-47,53-54H,4-18,25-38H2,1-3H3,(H,64,67)(H,66,78)(H2,65,69,77)/t53-,54-/m1/s1. The summed E-state index contributed by atoms with van der Waals surface area (Å²) in [6.45, 7) is 4.63. The molecule has 4 aliphatic rings. The third-order valence-corrected chi connectivity index (χ3v) is 18.2. The number of aromatic nitrogens is 4. The number of nitrogens with one attached hydrogen (secondary N) is 4. The van der Waals surface area contributed by atoms with Crippen LogP contribution in [0.3, 0.4) is 0 Å². The third kappa shape index (κ3) is 16.5. The molecule has 0 unspecified atom stereocenters. The van der Waals surface area contributed by atoms with Crippen LogP contribution in [-0.4, -0.2) is 135 Å². The van der Waals surface area contributed by atoms with Crippen LogP contribution in [0.15, 0.2) is 67.5 Å². The Morgan fingerprint density at radius 2 is 1.49 bits per heavy atom. The van der Waals surface area contributed by atoms with Gasteiger partial charge in [0.25, 0.3) is 0 Å². The largest absolute Gasteiger partial charge is 0.497 e. The molecule has 20 heteroatoms. The first-order valence-corrected chi connectivity index (χ1v) is 30.6. The number of nitrogens with zero attached hydrogens (tertiary/aromatic N) is 6. The zero-order valence-corrected chi connectivity index (χ0v) is 49.4. The van der Waals surface area contributed by atoms with Crippen molar-refractivity contribution in [2.75, 3.05) is 53.0 Å². The summed E-state index contributed by atoms with van der Waals surface area (Å²) in [7, 11) is 3.47. The molecule has 4 heterocycles. The van der Waals surface area contributed by atoms with Gasteiger partial charge < -0.3 is 49.6 Å². The van der Waals surface area contributed by atoms with Crippen molar-refractivity contribution in [3.8, 4) is 5.75 Å². The molecule has 442 valence electrons. The van der Waals surface area contributed by atoms with Crippen LogP contribution in [0.5, 0.6) is 5.75 Å². The molecular formula is C61H86Cl2N10O8. The molecule has 4 N–H and O–H groups in total. The molecule has 2 atom stereocenters. The summed E-state index contributed by atoms with van der Waals surface area (Å²) in [6.07, 6.45) is 24.0. The SMILES string of the molecule is CCCOC1(C2CCCCC2)CCN(C(=O)[C@@H](Cc2ccc(OC)cc2)N(OC(=O)C2(C3CCCCC3)CCN(C(=O)[C@@H](Cc3ccc(Cl)cc3Cl)NC(=O)NCCCCCc3cnc[nH]3)CC2)C(=O)NCCc2cn(C)cn2)CC1. The molecular weight excluding hydrogens is 1070 g/mol. The number of methoxy groups -OCH3 is 1. The van der Waals surface area contributed by atoms with E-state index in [1.165, 1.54) is 19.3 Å². The number of amides is 6. The number of aromatic amines is 1. The van der Waals surface area contributed by atoms with Gasteiger partial charge in [-0.3, -0.25) is 9.59 Å². The van der Waals surface area contributed by atoms with Gasteiger partial charge in [-0.25, -0.2) is 24.4 Å². The van der Waals surface area contributed by atoms with E-state index in [0.717, 1.165) is 99.1 Å². The molecule has 18 nitrogen and oxygen atoms in total. The number of imidazole rings is 2. The van der Waals surface area contributed by atoms with E-state index in [1.807, 2.05) is 53.2 Å². The van der Waals surface area contributed by atoms with E-state index in [1.54, 1.807) is 42.9 Å². The molecule has 2 aromatic heterocycles. The number of carbonyl (C=O) groups excluding carboxylic acids is 5. The number of hydrogen-bond acceptors (Lipinski definition) is 10. The Morgan fingerprint density at radius 1 is 0.802 bits per heavy atom. The maximum Gasteiger partial charge on any atom is 0.351 e. The lowest BCUT2D eigenvalue weighted by atomic mass is 9.63. The summed E-state index contributed by atoms with van der Waals surface area (Å²) in [6, 6.07) is 9.05. The van der Waals surface area contributed by atoms with Gasteiger partial charge in [-0.2, -0.15) is 0 Å². The number of rotatable bonds is 24. The highest BCUT2D eigenvalue weighted by Gasteiger charge is 2.52. The van der Waals surface area contributed by atoms with E-state index in [-0.39, 0.29) is 68.7 Å².